The topological polar surface area (TPSA) is 67.2 Å². The first-order chi connectivity index (χ1) is 14.4. The summed E-state index contributed by atoms with van der Waals surface area (Å²) in [6.07, 6.45) is 0.781. The van der Waals surface area contributed by atoms with Crippen LogP contribution >= 0.6 is 11.6 Å². The van der Waals surface area contributed by atoms with E-state index in [2.05, 4.69) is 16.5 Å². The fraction of sp³-hybridized carbons (Fsp3) is 0.261. The van der Waals surface area contributed by atoms with E-state index in [4.69, 9.17) is 11.6 Å². The molecule has 0 aliphatic carbocycles. The number of hydrogen-bond donors (Lipinski definition) is 1. The normalized spacial score (nSPS) is 13.7. The van der Waals surface area contributed by atoms with Crippen molar-refractivity contribution < 1.29 is 9.59 Å². The Morgan fingerprint density at radius 1 is 1.13 bits per heavy atom. The average Bonchev–Trinajstić information content (AvgIpc) is 3.07. The summed E-state index contributed by atoms with van der Waals surface area (Å²) in [5.41, 5.74) is 4.45. The molecule has 3 aromatic rings. The first-order valence-corrected chi connectivity index (χ1v) is 10.3. The molecule has 1 aliphatic heterocycles. The van der Waals surface area contributed by atoms with Gasteiger partial charge in [0, 0.05) is 36.4 Å². The van der Waals surface area contributed by atoms with E-state index in [0.717, 1.165) is 23.1 Å². The molecule has 1 aromatic heterocycles. The standard InChI is InChI=1S/C23H23ClN4O2/c1-15-5-3-6-17(11-15)14-27-9-4-10-28-21(23(27)30)13-20(26-28)22(29)25-19-8-7-18(24)12-16(19)2/h3,5-8,11-13H,4,9-10,14H2,1-2H3,(H,25,29). The number of fused-ring (bicyclic) bond motifs is 1. The minimum atomic E-state index is -0.348. The summed E-state index contributed by atoms with van der Waals surface area (Å²) in [5, 5.41) is 7.85. The van der Waals surface area contributed by atoms with Gasteiger partial charge in [0.05, 0.1) is 0 Å². The van der Waals surface area contributed by atoms with Crippen molar-refractivity contribution in [1.82, 2.24) is 14.7 Å². The number of carbonyl (C=O) groups is 2. The minimum Gasteiger partial charge on any atom is -0.333 e. The second-order valence-corrected chi connectivity index (χ2v) is 8.06. The first kappa shape index (κ1) is 20.2. The van der Waals surface area contributed by atoms with Crippen molar-refractivity contribution in [2.75, 3.05) is 11.9 Å². The molecule has 0 saturated carbocycles. The van der Waals surface area contributed by atoms with Crippen LogP contribution in [0.2, 0.25) is 5.02 Å². The van der Waals surface area contributed by atoms with Crippen LogP contribution in [0.1, 0.15) is 44.1 Å². The monoisotopic (exact) mass is 422 g/mol. The van der Waals surface area contributed by atoms with E-state index in [1.165, 1.54) is 0 Å². The Labute approximate surface area is 180 Å². The van der Waals surface area contributed by atoms with E-state index >= 15 is 0 Å². The second kappa shape index (κ2) is 8.32. The van der Waals surface area contributed by atoms with Crippen LogP contribution in [0.5, 0.6) is 0 Å². The number of carbonyl (C=O) groups excluding carboxylic acids is 2. The van der Waals surface area contributed by atoms with Gasteiger partial charge in [-0.3, -0.25) is 14.3 Å². The maximum absolute atomic E-state index is 13.1. The molecule has 6 nitrogen and oxygen atoms in total. The zero-order chi connectivity index (χ0) is 21.3. The van der Waals surface area contributed by atoms with Gasteiger partial charge in [-0.15, -0.1) is 0 Å². The predicted molar refractivity (Wildman–Crippen MR) is 117 cm³/mol. The Hall–Kier alpha value is -3.12. The molecule has 1 aliphatic rings. The molecule has 7 heteroatoms. The molecule has 0 fully saturated rings. The largest absolute Gasteiger partial charge is 0.333 e. The molecule has 0 bridgehead atoms. The zero-order valence-electron chi connectivity index (χ0n) is 17.0. The van der Waals surface area contributed by atoms with Gasteiger partial charge in [-0.25, -0.2) is 0 Å². The maximum atomic E-state index is 13.1. The molecule has 2 aromatic carbocycles. The number of amides is 2. The number of aromatic nitrogens is 2. The number of rotatable bonds is 4. The molecule has 154 valence electrons. The Morgan fingerprint density at radius 2 is 1.97 bits per heavy atom. The van der Waals surface area contributed by atoms with Gasteiger partial charge in [0.25, 0.3) is 11.8 Å². The van der Waals surface area contributed by atoms with E-state index in [1.54, 1.807) is 28.9 Å². The molecule has 2 amide bonds. The van der Waals surface area contributed by atoms with E-state index < -0.39 is 0 Å². The van der Waals surface area contributed by atoms with Crippen LogP contribution in [-0.2, 0) is 13.1 Å². The van der Waals surface area contributed by atoms with Crippen LogP contribution in [0.4, 0.5) is 5.69 Å². The lowest BCUT2D eigenvalue weighted by molar-refractivity contribution is 0.0745. The van der Waals surface area contributed by atoms with Crippen molar-refractivity contribution >= 4 is 29.1 Å². The van der Waals surface area contributed by atoms with Gasteiger partial charge in [-0.1, -0.05) is 41.4 Å². The van der Waals surface area contributed by atoms with Gasteiger partial charge in [-0.2, -0.15) is 5.10 Å². The van der Waals surface area contributed by atoms with Crippen LogP contribution in [0, 0.1) is 13.8 Å². The summed E-state index contributed by atoms with van der Waals surface area (Å²) in [6, 6.07) is 15.0. The van der Waals surface area contributed by atoms with Crippen molar-refractivity contribution in [3.05, 3.63) is 81.6 Å². The summed E-state index contributed by atoms with van der Waals surface area (Å²) in [7, 11) is 0. The second-order valence-electron chi connectivity index (χ2n) is 7.62. The fourth-order valence-electron chi connectivity index (χ4n) is 3.68. The highest BCUT2D eigenvalue weighted by Gasteiger charge is 2.26. The molecule has 0 atom stereocenters. The molecular formula is C23H23ClN4O2. The van der Waals surface area contributed by atoms with Crippen LogP contribution < -0.4 is 5.32 Å². The number of halogens is 1. The number of nitrogens with zero attached hydrogens (tertiary/aromatic N) is 3. The van der Waals surface area contributed by atoms with Gasteiger partial charge < -0.3 is 10.2 Å². The SMILES string of the molecule is Cc1cccc(CN2CCCn3nc(C(=O)Nc4ccc(Cl)cc4C)cc3C2=O)c1. The minimum absolute atomic E-state index is 0.108. The summed E-state index contributed by atoms with van der Waals surface area (Å²) >= 11 is 5.98. The third-order valence-electron chi connectivity index (χ3n) is 5.21. The van der Waals surface area contributed by atoms with Gasteiger partial charge >= 0.3 is 0 Å². The highest BCUT2D eigenvalue weighted by Crippen LogP contribution is 2.21. The van der Waals surface area contributed by atoms with Crippen molar-refractivity contribution in [3.8, 4) is 0 Å². The summed E-state index contributed by atoms with van der Waals surface area (Å²) < 4.78 is 1.64. The smallest absolute Gasteiger partial charge is 0.276 e. The van der Waals surface area contributed by atoms with E-state index in [-0.39, 0.29) is 17.5 Å². The lowest BCUT2D eigenvalue weighted by atomic mass is 10.1. The van der Waals surface area contributed by atoms with Crippen LogP contribution in [0.3, 0.4) is 0 Å². The highest BCUT2D eigenvalue weighted by molar-refractivity contribution is 6.30. The lowest BCUT2D eigenvalue weighted by Gasteiger charge is -2.20. The predicted octanol–water partition coefficient (Wildman–Crippen LogP) is 4.45. The zero-order valence-corrected chi connectivity index (χ0v) is 17.7. The quantitative estimate of drug-likeness (QED) is 0.675. The number of aryl methyl sites for hydroxylation is 3. The highest BCUT2D eigenvalue weighted by atomic mass is 35.5. The maximum Gasteiger partial charge on any atom is 0.276 e. The Kier molecular flexibility index (Phi) is 5.59. The fourth-order valence-corrected chi connectivity index (χ4v) is 3.91. The van der Waals surface area contributed by atoms with Gasteiger partial charge in [0.1, 0.15) is 5.69 Å². The summed E-state index contributed by atoms with van der Waals surface area (Å²) in [6.45, 7) is 5.70. The van der Waals surface area contributed by atoms with Crippen molar-refractivity contribution in [1.29, 1.82) is 0 Å². The van der Waals surface area contributed by atoms with Crippen LogP contribution in [-0.4, -0.2) is 33.0 Å². The van der Waals surface area contributed by atoms with E-state index in [1.807, 2.05) is 36.9 Å². The third-order valence-corrected chi connectivity index (χ3v) is 5.44. The first-order valence-electron chi connectivity index (χ1n) is 9.91. The van der Waals surface area contributed by atoms with Crippen LogP contribution in [0.25, 0.3) is 0 Å². The van der Waals surface area contributed by atoms with Gasteiger partial charge in [0.2, 0.25) is 0 Å². The Morgan fingerprint density at radius 3 is 2.73 bits per heavy atom. The number of hydrogen-bond acceptors (Lipinski definition) is 3. The van der Waals surface area contributed by atoms with E-state index in [9.17, 15) is 9.59 Å². The third kappa shape index (κ3) is 4.24. The molecule has 2 heterocycles. The number of benzene rings is 2. The summed E-state index contributed by atoms with van der Waals surface area (Å²) in [5.74, 6) is -0.456. The molecule has 0 saturated heterocycles. The van der Waals surface area contributed by atoms with Crippen molar-refractivity contribution in [3.63, 3.8) is 0 Å². The molecule has 0 radical (unpaired) electrons. The molecule has 4 rings (SSSR count). The summed E-state index contributed by atoms with van der Waals surface area (Å²) in [4.78, 5) is 27.7. The number of nitrogens with one attached hydrogen (secondary N) is 1. The van der Waals surface area contributed by atoms with Gasteiger partial charge in [0.15, 0.2) is 5.69 Å². The van der Waals surface area contributed by atoms with Crippen molar-refractivity contribution in [2.45, 2.75) is 33.4 Å². The molecule has 0 spiro atoms. The Bertz CT molecular complexity index is 1120. The Balaban J connectivity index is 1.54. The van der Waals surface area contributed by atoms with Crippen LogP contribution in [0.15, 0.2) is 48.5 Å². The molecule has 0 unspecified atom stereocenters. The van der Waals surface area contributed by atoms with Gasteiger partial charge in [-0.05, 0) is 49.6 Å². The lowest BCUT2D eigenvalue weighted by Crippen LogP contribution is -2.30. The number of anilines is 1. The average molecular weight is 423 g/mol. The molecule has 30 heavy (non-hydrogen) atoms. The van der Waals surface area contributed by atoms with E-state index in [0.29, 0.717) is 36.0 Å². The van der Waals surface area contributed by atoms with Crippen molar-refractivity contribution in [2.24, 2.45) is 0 Å². The molecule has 1 N–H and O–H groups in total. The molecular weight excluding hydrogens is 400 g/mol.